The van der Waals surface area contributed by atoms with Crippen LogP contribution in [0.15, 0.2) is 34.4 Å². The van der Waals surface area contributed by atoms with E-state index in [1.165, 1.54) is 11.3 Å². The number of aromatic nitrogens is 3. The van der Waals surface area contributed by atoms with E-state index in [0.717, 1.165) is 21.7 Å². The molecule has 1 aliphatic heterocycles. The number of morpholine rings is 1. The number of thiazole rings is 1. The van der Waals surface area contributed by atoms with Gasteiger partial charge in [0.2, 0.25) is 5.91 Å². The Bertz CT molecular complexity index is 1070. The van der Waals surface area contributed by atoms with Gasteiger partial charge < -0.3 is 19.5 Å². The molecule has 4 rings (SSSR count). The van der Waals surface area contributed by atoms with E-state index in [1.807, 2.05) is 41.5 Å². The van der Waals surface area contributed by atoms with Crippen molar-refractivity contribution in [1.82, 2.24) is 19.9 Å². The molecule has 0 bridgehead atoms. The highest BCUT2D eigenvalue weighted by Gasteiger charge is 2.19. The highest BCUT2D eigenvalue weighted by atomic mass is 32.1. The molecule has 1 fully saturated rings. The zero-order valence-electron chi connectivity index (χ0n) is 16.3. The van der Waals surface area contributed by atoms with E-state index < -0.39 is 0 Å². The van der Waals surface area contributed by atoms with Crippen LogP contribution in [-0.4, -0.2) is 46.7 Å². The lowest BCUT2D eigenvalue weighted by Gasteiger charge is -2.28. The fourth-order valence-electron chi connectivity index (χ4n) is 3.34. The molecule has 152 valence electrons. The summed E-state index contributed by atoms with van der Waals surface area (Å²) in [5.74, 6) is 0.309. The van der Waals surface area contributed by atoms with Gasteiger partial charge in [-0.15, -0.1) is 11.3 Å². The van der Waals surface area contributed by atoms with E-state index in [9.17, 15) is 9.59 Å². The third-order valence-electron chi connectivity index (χ3n) is 4.81. The van der Waals surface area contributed by atoms with Crippen molar-refractivity contribution in [3.8, 4) is 0 Å². The molecule has 1 N–H and O–H groups in total. The summed E-state index contributed by atoms with van der Waals surface area (Å²) in [6, 6.07) is 7.53. The molecule has 1 saturated heterocycles. The van der Waals surface area contributed by atoms with Crippen molar-refractivity contribution >= 4 is 34.1 Å². The Morgan fingerprint density at radius 1 is 1.24 bits per heavy atom. The maximum Gasteiger partial charge on any atom is 0.294 e. The molecule has 3 aromatic rings. The number of aryl methyl sites for hydroxylation is 2. The summed E-state index contributed by atoms with van der Waals surface area (Å²) in [6.45, 7) is 5.04. The Hall–Kier alpha value is -2.78. The normalized spacial score (nSPS) is 14.3. The summed E-state index contributed by atoms with van der Waals surface area (Å²) in [6.07, 6.45) is 0.209. The smallest absolute Gasteiger partial charge is 0.294 e. The van der Waals surface area contributed by atoms with Gasteiger partial charge in [0.1, 0.15) is 5.01 Å². The van der Waals surface area contributed by atoms with Gasteiger partial charge in [0, 0.05) is 37.1 Å². The number of hydrogen-bond acceptors (Lipinski definition) is 7. The van der Waals surface area contributed by atoms with Gasteiger partial charge in [-0.25, -0.2) is 9.97 Å². The molecular formula is C20H23N5O3S. The first-order valence-corrected chi connectivity index (χ1v) is 10.5. The Labute approximate surface area is 172 Å². The largest absolute Gasteiger partial charge is 0.378 e. The molecule has 1 aromatic carbocycles. The Morgan fingerprint density at radius 3 is 2.79 bits per heavy atom. The quantitative estimate of drug-likeness (QED) is 0.662. The van der Waals surface area contributed by atoms with E-state index in [2.05, 4.69) is 15.3 Å². The molecule has 0 radical (unpaired) electrons. The van der Waals surface area contributed by atoms with E-state index >= 15 is 0 Å². The van der Waals surface area contributed by atoms with E-state index in [1.54, 1.807) is 4.57 Å². The minimum absolute atomic E-state index is 0.112. The van der Waals surface area contributed by atoms with Crippen molar-refractivity contribution in [2.45, 2.75) is 26.4 Å². The number of benzene rings is 1. The number of para-hydroxylation sites is 2. The summed E-state index contributed by atoms with van der Waals surface area (Å²) in [7, 11) is 0. The lowest BCUT2D eigenvalue weighted by Crippen LogP contribution is -2.41. The number of rotatable bonds is 6. The maximum atomic E-state index is 13.2. The monoisotopic (exact) mass is 413 g/mol. The molecule has 1 amide bonds. The van der Waals surface area contributed by atoms with Crippen LogP contribution in [0.4, 0.5) is 5.82 Å². The van der Waals surface area contributed by atoms with Gasteiger partial charge in [-0.05, 0) is 19.1 Å². The number of carbonyl (C=O) groups excluding carboxylic acids is 1. The first kappa shape index (κ1) is 19.5. The van der Waals surface area contributed by atoms with Crippen LogP contribution in [0.1, 0.15) is 17.1 Å². The summed E-state index contributed by atoms with van der Waals surface area (Å²) >= 11 is 1.52. The highest BCUT2D eigenvalue weighted by Crippen LogP contribution is 2.16. The molecule has 0 aliphatic carbocycles. The van der Waals surface area contributed by atoms with Crippen molar-refractivity contribution < 1.29 is 9.53 Å². The molecular weight excluding hydrogens is 390 g/mol. The highest BCUT2D eigenvalue weighted by molar-refractivity contribution is 7.09. The molecule has 3 heterocycles. The predicted molar refractivity (Wildman–Crippen MR) is 112 cm³/mol. The molecule has 0 saturated carbocycles. The average molecular weight is 414 g/mol. The van der Waals surface area contributed by atoms with E-state index in [4.69, 9.17) is 4.74 Å². The van der Waals surface area contributed by atoms with Crippen LogP contribution >= 0.6 is 11.3 Å². The molecule has 0 atom stereocenters. The molecule has 9 heteroatoms. The SMILES string of the molecule is Cc1csc(CNC(=O)CCn2c(=O)c(N3CCOCC3)nc3ccccc32)n1. The molecule has 0 unspecified atom stereocenters. The van der Waals surface area contributed by atoms with Crippen molar-refractivity contribution in [3.63, 3.8) is 0 Å². The lowest BCUT2D eigenvalue weighted by atomic mass is 10.2. The fourth-order valence-corrected chi connectivity index (χ4v) is 4.05. The summed E-state index contributed by atoms with van der Waals surface area (Å²) < 4.78 is 7.04. The number of amides is 1. The topological polar surface area (TPSA) is 89.4 Å². The lowest BCUT2D eigenvalue weighted by molar-refractivity contribution is -0.121. The Morgan fingerprint density at radius 2 is 2.03 bits per heavy atom. The van der Waals surface area contributed by atoms with Gasteiger partial charge >= 0.3 is 0 Å². The first-order valence-electron chi connectivity index (χ1n) is 9.62. The second-order valence-electron chi connectivity index (χ2n) is 6.89. The maximum absolute atomic E-state index is 13.2. The Balaban J connectivity index is 1.53. The number of hydrogen-bond donors (Lipinski definition) is 1. The number of nitrogens with zero attached hydrogens (tertiary/aromatic N) is 4. The zero-order chi connectivity index (χ0) is 20.2. The third-order valence-corrected chi connectivity index (χ3v) is 5.78. The molecule has 8 nitrogen and oxygen atoms in total. The number of ether oxygens (including phenoxy) is 1. The predicted octanol–water partition coefficient (Wildman–Crippen LogP) is 1.70. The average Bonchev–Trinajstić information content (AvgIpc) is 3.17. The number of fused-ring (bicyclic) bond motifs is 1. The molecule has 1 aliphatic rings. The number of nitrogens with one attached hydrogen (secondary N) is 1. The minimum Gasteiger partial charge on any atom is -0.378 e. The molecule has 0 spiro atoms. The van der Waals surface area contributed by atoms with Gasteiger partial charge in [-0.2, -0.15) is 0 Å². The van der Waals surface area contributed by atoms with Gasteiger partial charge in [0.15, 0.2) is 5.82 Å². The van der Waals surface area contributed by atoms with Gasteiger partial charge in [0.25, 0.3) is 5.56 Å². The Kier molecular flexibility index (Phi) is 5.86. The van der Waals surface area contributed by atoms with Gasteiger partial charge in [-0.3, -0.25) is 9.59 Å². The molecule has 2 aromatic heterocycles. The number of carbonyl (C=O) groups is 1. The summed E-state index contributed by atoms with van der Waals surface area (Å²) in [4.78, 5) is 36.4. The first-order chi connectivity index (χ1) is 14.1. The van der Waals surface area contributed by atoms with Crippen molar-refractivity contribution in [2.75, 3.05) is 31.2 Å². The van der Waals surface area contributed by atoms with Crippen molar-refractivity contribution in [2.24, 2.45) is 0 Å². The van der Waals surface area contributed by atoms with Crippen LogP contribution in [0.5, 0.6) is 0 Å². The molecule has 29 heavy (non-hydrogen) atoms. The van der Waals surface area contributed by atoms with Crippen LogP contribution in [0.2, 0.25) is 0 Å². The third kappa shape index (κ3) is 4.46. The van der Waals surface area contributed by atoms with E-state index in [0.29, 0.717) is 45.2 Å². The van der Waals surface area contributed by atoms with Crippen molar-refractivity contribution in [1.29, 1.82) is 0 Å². The van der Waals surface area contributed by atoms with Crippen LogP contribution in [-0.2, 0) is 22.6 Å². The standard InChI is InChI=1S/C20H23N5O3S/c1-14-13-29-18(22-14)12-21-17(26)6-7-25-16-5-3-2-4-15(16)23-19(20(25)27)24-8-10-28-11-9-24/h2-5,13H,6-12H2,1H3,(H,21,26). The van der Waals surface area contributed by atoms with Gasteiger partial charge in [-0.1, -0.05) is 12.1 Å². The minimum atomic E-state index is -0.172. The summed E-state index contributed by atoms with van der Waals surface area (Å²) in [5.41, 5.74) is 2.25. The van der Waals surface area contributed by atoms with Crippen molar-refractivity contribution in [3.05, 3.63) is 50.7 Å². The van der Waals surface area contributed by atoms with Crippen LogP contribution in [0.25, 0.3) is 11.0 Å². The van der Waals surface area contributed by atoms with Crippen LogP contribution in [0.3, 0.4) is 0 Å². The van der Waals surface area contributed by atoms with E-state index in [-0.39, 0.29) is 17.9 Å². The summed E-state index contributed by atoms with van der Waals surface area (Å²) in [5, 5.41) is 5.71. The van der Waals surface area contributed by atoms with Crippen LogP contribution < -0.4 is 15.8 Å². The fraction of sp³-hybridized carbons (Fsp3) is 0.400. The van der Waals surface area contributed by atoms with Crippen LogP contribution in [0, 0.1) is 6.92 Å². The zero-order valence-corrected chi connectivity index (χ0v) is 17.1. The number of anilines is 1. The second kappa shape index (κ2) is 8.71. The van der Waals surface area contributed by atoms with Gasteiger partial charge in [0.05, 0.1) is 30.8 Å². The second-order valence-corrected chi connectivity index (χ2v) is 7.83.